The van der Waals surface area contributed by atoms with Crippen molar-refractivity contribution >= 4 is 98.3 Å². The fourth-order valence-electron chi connectivity index (χ4n) is 8.22. The van der Waals surface area contributed by atoms with E-state index in [4.69, 9.17) is 0 Å². The molecule has 0 bridgehead atoms. The lowest BCUT2D eigenvalue weighted by Gasteiger charge is -2.16. The molecule has 7 rings (SSSR count). The minimum atomic E-state index is -0.143. The SMILES string of the molecule is CCCCC(CC)Cc1ccc(-c2c3cc(C(C)(C)C)sc3c(-c3ccc(CC(CC)CCCC)s3)c3cc(-c4sc(C(C)(C)C)c5c(F)c(C)sc45)sc23)s1. The van der Waals surface area contributed by atoms with Gasteiger partial charge < -0.3 is 0 Å². The molecule has 0 N–H and O–H groups in total. The monoisotopic (exact) mass is 860 g/mol. The Hall–Kier alpha value is -1.87. The molecule has 0 aliphatic heterocycles. The quantitative estimate of drug-likeness (QED) is 0.0963. The number of hydrogen-bond acceptors (Lipinski definition) is 6. The fourth-order valence-corrected chi connectivity index (χ4v) is 16.0. The second-order valence-electron chi connectivity index (χ2n) is 18.2. The Labute approximate surface area is 360 Å². The van der Waals surface area contributed by atoms with Gasteiger partial charge in [-0.1, -0.05) is 121 Å². The molecule has 0 radical (unpaired) electrons. The zero-order valence-corrected chi connectivity index (χ0v) is 40.4. The Morgan fingerprint density at radius 2 is 1.12 bits per heavy atom. The smallest absolute Gasteiger partial charge is 0.145 e. The van der Waals surface area contributed by atoms with Crippen molar-refractivity contribution in [2.24, 2.45) is 11.8 Å². The van der Waals surface area contributed by atoms with Crippen molar-refractivity contribution in [1.29, 1.82) is 0 Å². The first kappa shape index (κ1) is 42.3. The van der Waals surface area contributed by atoms with Gasteiger partial charge in [-0.3, -0.25) is 0 Å². The van der Waals surface area contributed by atoms with E-state index in [1.54, 1.807) is 11.3 Å². The van der Waals surface area contributed by atoms with Gasteiger partial charge in [0.25, 0.3) is 0 Å². The number of fused-ring (bicyclic) bond motifs is 3. The van der Waals surface area contributed by atoms with Crippen LogP contribution in [0.5, 0.6) is 0 Å². The highest BCUT2D eigenvalue weighted by atomic mass is 32.1. The highest BCUT2D eigenvalue weighted by molar-refractivity contribution is 7.31. The number of aryl methyl sites for hydroxylation is 1. The van der Waals surface area contributed by atoms with E-state index in [0.29, 0.717) is 0 Å². The van der Waals surface area contributed by atoms with Crippen molar-refractivity contribution in [3.63, 3.8) is 0 Å². The predicted molar refractivity (Wildman–Crippen MR) is 259 cm³/mol. The summed E-state index contributed by atoms with van der Waals surface area (Å²) in [5, 5.41) is 3.61. The summed E-state index contributed by atoms with van der Waals surface area (Å²) in [5.74, 6) is 1.45. The van der Waals surface area contributed by atoms with Gasteiger partial charge in [-0.15, -0.1) is 68.0 Å². The fraction of sp³-hybridized carbons (Fsp3) is 0.510. The van der Waals surface area contributed by atoms with Crippen LogP contribution in [0.4, 0.5) is 4.39 Å². The van der Waals surface area contributed by atoms with Crippen LogP contribution in [-0.2, 0) is 23.7 Å². The lowest BCUT2D eigenvalue weighted by Crippen LogP contribution is -2.09. The Kier molecular flexibility index (Phi) is 12.8. The van der Waals surface area contributed by atoms with E-state index < -0.39 is 0 Å². The van der Waals surface area contributed by atoms with Crippen LogP contribution in [0, 0.1) is 24.6 Å². The molecule has 7 heteroatoms. The number of unbranched alkanes of at least 4 members (excludes halogenated alkanes) is 2. The van der Waals surface area contributed by atoms with Crippen LogP contribution in [0.3, 0.4) is 0 Å². The highest BCUT2D eigenvalue weighted by Crippen LogP contribution is 2.57. The van der Waals surface area contributed by atoms with Gasteiger partial charge in [0.2, 0.25) is 0 Å². The van der Waals surface area contributed by atoms with E-state index in [2.05, 4.69) is 106 Å². The minimum Gasteiger partial charge on any atom is -0.205 e. The van der Waals surface area contributed by atoms with Gasteiger partial charge in [-0.05, 0) is 78.8 Å². The first-order valence-corrected chi connectivity index (χ1v) is 26.0. The van der Waals surface area contributed by atoms with Gasteiger partial charge in [0, 0.05) is 75.7 Å². The van der Waals surface area contributed by atoms with Crippen LogP contribution in [0.25, 0.3) is 60.9 Å². The Bertz CT molecular complexity index is 2320. The standard InChI is InChI=1S/C49H61FS6/c1-12-16-18-29(14-3)24-31-20-22-35(52-31)39-33-26-37(45-46-41(42(50)28(5)51-46)47(56-45)49(9,10)11)54-43(33)40(34-27-38(48(6,7)8)55-44(34)39)36-23-21-32(53-36)25-30(15-4)19-17-13-2/h20-23,26-27,29-30H,12-19,24-25H2,1-11H3. The van der Waals surface area contributed by atoms with Crippen LogP contribution in [0.1, 0.15) is 145 Å². The summed E-state index contributed by atoms with van der Waals surface area (Å²) < 4.78 is 19.9. The van der Waals surface area contributed by atoms with Gasteiger partial charge in [0.05, 0.1) is 9.58 Å². The zero-order chi connectivity index (χ0) is 40.1. The summed E-state index contributed by atoms with van der Waals surface area (Å²) in [5.41, 5.74) is 2.71. The van der Waals surface area contributed by atoms with Crippen molar-refractivity contribution in [2.45, 2.75) is 151 Å². The second-order valence-corrected chi connectivity index (χ2v) is 24.9. The van der Waals surface area contributed by atoms with E-state index in [1.807, 2.05) is 63.6 Å². The number of halogens is 1. The summed E-state index contributed by atoms with van der Waals surface area (Å²) in [6.45, 7) is 25.1. The predicted octanol–water partition coefficient (Wildman–Crippen LogP) is 19.1. The molecule has 0 nitrogen and oxygen atoms in total. The van der Waals surface area contributed by atoms with Crippen molar-refractivity contribution < 1.29 is 4.39 Å². The molecular formula is C49H61FS6. The van der Waals surface area contributed by atoms with Gasteiger partial charge in [0.15, 0.2) is 0 Å². The average Bonchev–Trinajstić information content (AvgIpc) is 4.00. The van der Waals surface area contributed by atoms with Gasteiger partial charge in [-0.2, -0.15) is 0 Å². The summed E-state index contributed by atoms with van der Waals surface area (Å²) in [6.07, 6.45) is 12.6. The van der Waals surface area contributed by atoms with E-state index in [0.717, 1.165) is 31.7 Å². The summed E-state index contributed by atoms with van der Waals surface area (Å²) in [7, 11) is 0. The normalized spacial score (nSPS) is 13.9. The molecule has 7 aromatic rings. The molecule has 2 atom stereocenters. The molecule has 0 amide bonds. The van der Waals surface area contributed by atoms with Crippen molar-refractivity contribution in [3.05, 3.63) is 66.6 Å². The molecule has 0 aliphatic carbocycles. The summed E-state index contributed by atoms with van der Waals surface area (Å²) in [4.78, 5) is 11.7. The summed E-state index contributed by atoms with van der Waals surface area (Å²) in [6, 6.07) is 14.8. The topological polar surface area (TPSA) is 0 Å². The van der Waals surface area contributed by atoms with E-state index >= 15 is 4.39 Å². The number of rotatable bonds is 15. The first-order chi connectivity index (χ1) is 26.7. The lowest BCUT2D eigenvalue weighted by molar-refractivity contribution is 0.452. The van der Waals surface area contributed by atoms with Crippen LogP contribution in [0.15, 0.2) is 36.4 Å². The van der Waals surface area contributed by atoms with Crippen LogP contribution in [0.2, 0.25) is 0 Å². The zero-order valence-electron chi connectivity index (χ0n) is 35.5. The largest absolute Gasteiger partial charge is 0.205 e. The number of thiophene rings is 6. The molecule has 0 saturated carbocycles. The maximum atomic E-state index is 15.9. The van der Waals surface area contributed by atoms with Crippen molar-refractivity contribution in [3.8, 4) is 30.6 Å². The third-order valence-electron chi connectivity index (χ3n) is 11.6. The molecule has 56 heavy (non-hydrogen) atoms. The summed E-state index contributed by atoms with van der Waals surface area (Å²) >= 11 is 11.5. The first-order valence-electron chi connectivity index (χ1n) is 21.1. The van der Waals surface area contributed by atoms with E-state index in [9.17, 15) is 0 Å². The maximum absolute atomic E-state index is 15.9. The molecule has 2 unspecified atom stereocenters. The Morgan fingerprint density at radius 1 is 0.589 bits per heavy atom. The van der Waals surface area contributed by atoms with Gasteiger partial charge in [-0.25, -0.2) is 4.39 Å². The molecule has 0 aliphatic rings. The van der Waals surface area contributed by atoms with Crippen molar-refractivity contribution in [1.82, 2.24) is 0 Å². The van der Waals surface area contributed by atoms with Crippen LogP contribution >= 0.6 is 68.0 Å². The van der Waals surface area contributed by atoms with Gasteiger partial charge >= 0.3 is 0 Å². The van der Waals surface area contributed by atoms with Crippen molar-refractivity contribution in [2.75, 3.05) is 0 Å². The number of hydrogen-bond donors (Lipinski definition) is 0. The van der Waals surface area contributed by atoms with Gasteiger partial charge in [0.1, 0.15) is 5.82 Å². The Balaban J connectivity index is 1.49. The average molecular weight is 861 g/mol. The van der Waals surface area contributed by atoms with Crippen LogP contribution in [-0.4, -0.2) is 0 Å². The van der Waals surface area contributed by atoms with E-state index in [-0.39, 0.29) is 16.6 Å². The van der Waals surface area contributed by atoms with Crippen LogP contribution < -0.4 is 0 Å². The molecule has 0 saturated heterocycles. The highest BCUT2D eigenvalue weighted by Gasteiger charge is 2.31. The third-order valence-corrected chi connectivity index (χ3v) is 19.6. The molecular weight excluding hydrogens is 800 g/mol. The maximum Gasteiger partial charge on any atom is 0.145 e. The lowest BCUT2D eigenvalue weighted by atomic mass is 9.92. The molecule has 1 aromatic carbocycles. The molecule has 6 aromatic heterocycles. The molecule has 300 valence electrons. The number of benzene rings is 1. The molecule has 0 fully saturated rings. The molecule has 0 spiro atoms. The Morgan fingerprint density at radius 3 is 1.62 bits per heavy atom. The second kappa shape index (κ2) is 17.0. The third kappa shape index (κ3) is 8.30. The molecule has 6 heterocycles. The van der Waals surface area contributed by atoms with E-state index in [1.165, 1.54) is 130 Å². The minimum absolute atomic E-state index is 0.0268.